The molecule has 3 nitrogen and oxygen atoms in total. The minimum Gasteiger partial charge on any atom is -0.501 e. The number of fused-ring (bicyclic) bond motifs is 3. The van der Waals surface area contributed by atoms with Crippen molar-refractivity contribution in [3.63, 3.8) is 0 Å². The van der Waals surface area contributed by atoms with E-state index < -0.39 is 8.07 Å². The molecule has 4 aromatic carbocycles. The van der Waals surface area contributed by atoms with E-state index in [9.17, 15) is 0 Å². The van der Waals surface area contributed by atoms with Crippen molar-refractivity contribution in [3.8, 4) is 33.6 Å². The minimum absolute atomic E-state index is 0. The fraction of sp³-hybridized carbons (Fsp3) is 0.227. The summed E-state index contributed by atoms with van der Waals surface area (Å²) < 4.78 is 6.35. The molecule has 1 radical (unpaired) electrons. The number of rotatable bonds is 5. The zero-order chi connectivity index (χ0) is 34.1. The molecule has 0 atom stereocenters. The van der Waals surface area contributed by atoms with E-state index in [4.69, 9.17) is 4.42 Å². The molecular formula is C44H44IrN2OSi-2. The van der Waals surface area contributed by atoms with Crippen LogP contribution in [0.25, 0.3) is 55.6 Å². The predicted octanol–water partition coefficient (Wildman–Crippen LogP) is 11.6. The van der Waals surface area contributed by atoms with Crippen molar-refractivity contribution >= 4 is 35.2 Å². The molecule has 0 aliphatic carbocycles. The van der Waals surface area contributed by atoms with Crippen molar-refractivity contribution in [3.05, 3.63) is 139 Å². The Morgan fingerprint density at radius 3 is 2.18 bits per heavy atom. The zero-order valence-electron chi connectivity index (χ0n) is 29.7. The molecule has 0 saturated carbocycles. The van der Waals surface area contributed by atoms with Gasteiger partial charge >= 0.3 is 0 Å². The van der Waals surface area contributed by atoms with E-state index in [-0.39, 0.29) is 25.5 Å². The first kappa shape index (κ1) is 36.1. The first-order valence-electron chi connectivity index (χ1n) is 16.8. The third kappa shape index (κ3) is 7.86. The van der Waals surface area contributed by atoms with Gasteiger partial charge in [0.1, 0.15) is 5.58 Å². The van der Waals surface area contributed by atoms with Crippen molar-refractivity contribution < 1.29 is 24.5 Å². The van der Waals surface area contributed by atoms with Gasteiger partial charge in [-0.1, -0.05) is 125 Å². The van der Waals surface area contributed by atoms with Crippen LogP contribution in [0, 0.1) is 12.1 Å². The largest absolute Gasteiger partial charge is 0.501 e. The van der Waals surface area contributed by atoms with E-state index in [1.165, 1.54) is 27.4 Å². The molecule has 0 aliphatic rings. The van der Waals surface area contributed by atoms with Crippen LogP contribution in [0.15, 0.2) is 120 Å². The maximum Gasteiger partial charge on any atom is 0.121 e. The Kier molecular flexibility index (Phi) is 10.9. The van der Waals surface area contributed by atoms with Crippen molar-refractivity contribution in [2.24, 2.45) is 0 Å². The number of hydrogen-bond donors (Lipinski definition) is 0. The molecule has 0 unspecified atom stereocenters. The molecule has 0 spiro atoms. The van der Waals surface area contributed by atoms with Crippen LogP contribution in [-0.4, -0.2) is 18.0 Å². The molecular weight excluding hydrogens is 793 g/mol. The summed E-state index contributed by atoms with van der Waals surface area (Å²) in [4.78, 5) is 9.29. The van der Waals surface area contributed by atoms with Crippen LogP contribution in [0.3, 0.4) is 0 Å². The van der Waals surface area contributed by atoms with E-state index in [0.717, 1.165) is 44.5 Å². The van der Waals surface area contributed by atoms with E-state index in [2.05, 4.69) is 149 Å². The first-order valence-corrected chi connectivity index (χ1v) is 20.3. The van der Waals surface area contributed by atoms with Gasteiger partial charge in [0.15, 0.2) is 0 Å². The van der Waals surface area contributed by atoms with Crippen LogP contribution in [-0.2, 0) is 25.5 Å². The molecule has 3 aromatic heterocycles. The number of furan rings is 1. The predicted molar refractivity (Wildman–Crippen MR) is 206 cm³/mol. The van der Waals surface area contributed by atoms with Crippen molar-refractivity contribution in [1.29, 1.82) is 0 Å². The van der Waals surface area contributed by atoms with Crippen LogP contribution in [0.2, 0.25) is 19.6 Å². The summed E-state index contributed by atoms with van der Waals surface area (Å²) in [6.07, 6.45) is 3.97. The van der Waals surface area contributed by atoms with Gasteiger partial charge in [0.2, 0.25) is 0 Å². The number of hydrogen-bond acceptors (Lipinski definition) is 3. The molecule has 7 aromatic rings. The average molecular weight is 837 g/mol. The number of pyridine rings is 2. The summed E-state index contributed by atoms with van der Waals surface area (Å²) in [5, 5.41) is 3.70. The summed E-state index contributed by atoms with van der Waals surface area (Å²) >= 11 is 0. The molecule has 0 N–H and O–H groups in total. The van der Waals surface area contributed by atoms with E-state index in [0.29, 0.717) is 5.92 Å². The molecule has 3 heterocycles. The van der Waals surface area contributed by atoms with E-state index in [1.54, 1.807) is 0 Å². The summed E-state index contributed by atoms with van der Waals surface area (Å²) in [6.45, 7) is 18.3. The van der Waals surface area contributed by atoms with Crippen molar-refractivity contribution in [1.82, 2.24) is 9.97 Å². The van der Waals surface area contributed by atoms with Crippen LogP contribution >= 0.6 is 0 Å². The zero-order valence-corrected chi connectivity index (χ0v) is 33.1. The topological polar surface area (TPSA) is 38.9 Å². The van der Waals surface area contributed by atoms with Gasteiger partial charge in [0.25, 0.3) is 0 Å². The van der Waals surface area contributed by atoms with Gasteiger partial charge < -0.3 is 14.4 Å². The molecule has 49 heavy (non-hydrogen) atoms. The van der Waals surface area contributed by atoms with Gasteiger partial charge in [0, 0.05) is 37.9 Å². The normalized spacial score (nSPS) is 11.7. The summed E-state index contributed by atoms with van der Waals surface area (Å²) in [5.41, 5.74) is 10.7. The summed E-state index contributed by atoms with van der Waals surface area (Å²) in [6, 6.07) is 41.9. The fourth-order valence-electron chi connectivity index (χ4n) is 6.15. The molecule has 0 amide bonds. The van der Waals surface area contributed by atoms with Gasteiger partial charge in [0.05, 0.1) is 13.7 Å². The monoisotopic (exact) mass is 837 g/mol. The Hall–Kier alpha value is -4.15. The van der Waals surface area contributed by atoms with Gasteiger partial charge in [-0.25, -0.2) is 0 Å². The maximum absolute atomic E-state index is 6.35. The Morgan fingerprint density at radius 1 is 0.755 bits per heavy atom. The second-order valence-corrected chi connectivity index (χ2v) is 19.8. The second kappa shape index (κ2) is 14.8. The third-order valence-corrected chi connectivity index (χ3v) is 10.8. The van der Waals surface area contributed by atoms with E-state index in [1.807, 2.05) is 42.6 Å². The van der Waals surface area contributed by atoms with Gasteiger partial charge in [-0.05, 0) is 56.7 Å². The van der Waals surface area contributed by atoms with Crippen LogP contribution < -0.4 is 5.19 Å². The SMILES string of the molecule is CC(C)(C)c1ccnc(-c2[c-]ccc3c2oc2cccc(-c4ccccc4)c23)c1.CC(C)c1cc(-c2[c-]cccc2)ncc1[Si](C)(C)C.[Ir]. The first-order chi connectivity index (χ1) is 22.9. The minimum atomic E-state index is -1.34. The third-order valence-electron chi connectivity index (χ3n) is 8.77. The smallest absolute Gasteiger partial charge is 0.121 e. The number of benzene rings is 4. The Morgan fingerprint density at radius 2 is 1.51 bits per heavy atom. The van der Waals surface area contributed by atoms with Crippen molar-refractivity contribution in [2.75, 3.05) is 0 Å². The Bertz CT molecular complexity index is 2180. The van der Waals surface area contributed by atoms with Gasteiger partial charge in [-0.2, -0.15) is 0 Å². The molecule has 0 bridgehead atoms. The number of nitrogens with zero attached hydrogens (tertiary/aromatic N) is 2. The van der Waals surface area contributed by atoms with E-state index >= 15 is 0 Å². The van der Waals surface area contributed by atoms with Crippen LogP contribution in [0.5, 0.6) is 0 Å². The van der Waals surface area contributed by atoms with Crippen LogP contribution in [0.4, 0.5) is 0 Å². The molecule has 0 aliphatic heterocycles. The van der Waals surface area contributed by atoms with Crippen LogP contribution in [0.1, 0.15) is 51.7 Å². The molecule has 0 saturated heterocycles. The molecule has 5 heteroatoms. The molecule has 251 valence electrons. The maximum atomic E-state index is 6.35. The van der Waals surface area contributed by atoms with Gasteiger partial charge in [-0.15, -0.1) is 54.1 Å². The average Bonchev–Trinajstić information content (AvgIpc) is 3.48. The fourth-order valence-corrected chi connectivity index (χ4v) is 7.83. The van der Waals surface area contributed by atoms with Crippen molar-refractivity contribution in [2.45, 2.75) is 65.6 Å². The Balaban J connectivity index is 0.000000205. The quantitative estimate of drug-likeness (QED) is 0.128. The second-order valence-electron chi connectivity index (χ2n) is 14.8. The Labute approximate surface area is 306 Å². The van der Waals surface area contributed by atoms with Gasteiger partial charge in [-0.3, -0.25) is 0 Å². The number of aromatic nitrogens is 2. The summed E-state index contributed by atoms with van der Waals surface area (Å²) in [7, 11) is -1.34. The molecule has 7 rings (SSSR count). The standard InChI is InChI=1S/C27H22NO.C17H22NSi.Ir/c1-27(2,3)19-15-16-28-23(17-19)21-12-7-13-22-25-20(18-9-5-4-6-10-18)11-8-14-24(25)29-26(21)22;1-13(2)15-11-16(14-9-7-6-8-10-14)18-12-17(15)19(3,4)5;/h4-11,13-17H,1-3H3;6-9,11-13H,1-5H3;/q2*-1;. The molecule has 0 fully saturated rings. The summed E-state index contributed by atoms with van der Waals surface area (Å²) in [5.74, 6) is 0.534.